The van der Waals surface area contributed by atoms with Gasteiger partial charge in [0.15, 0.2) is 16.3 Å². The molecule has 166 valence electrons. The number of aromatic nitrogens is 4. The van der Waals surface area contributed by atoms with Gasteiger partial charge in [0.2, 0.25) is 5.91 Å². The van der Waals surface area contributed by atoms with Crippen LogP contribution in [0, 0.1) is 0 Å². The van der Waals surface area contributed by atoms with E-state index in [1.54, 1.807) is 18.7 Å². The Bertz CT molecular complexity index is 1260. The lowest BCUT2D eigenvalue weighted by Gasteiger charge is -2.09. The van der Waals surface area contributed by atoms with Crippen LogP contribution >= 0.6 is 11.8 Å². The molecule has 0 bridgehead atoms. The number of nitrogens with zero attached hydrogens (tertiary/aromatic N) is 4. The van der Waals surface area contributed by atoms with Crippen LogP contribution in [0.15, 0.2) is 39.0 Å². The third-order valence-corrected chi connectivity index (χ3v) is 5.76. The van der Waals surface area contributed by atoms with Gasteiger partial charge in [-0.15, -0.1) is 0 Å². The van der Waals surface area contributed by atoms with Gasteiger partial charge in [0.25, 0.3) is 5.56 Å². The van der Waals surface area contributed by atoms with Crippen molar-refractivity contribution in [3.05, 3.63) is 56.2 Å². The molecule has 3 rings (SSSR count). The van der Waals surface area contributed by atoms with Gasteiger partial charge in [-0.3, -0.25) is 18.7 Å². The number of hydrogen-bond donors (Lipinski definition) is 1. The van der Waals surface area contributed by atoms with E-state index in [0.29, 0.717) is 22.1 Å². The second-order valence-corrected chi connectivity index (χ2v) is 7.97. The van der Waals surface area contributed by atoms with Crippen LogP contribution in [0.3, 0.4) is 0 Å². The number of alkyl halides is 3. The van der Waals surface area contributed by atoms with Crippen molar-refractivity contribution in [2.75, 3.05) is 5.75 Å². The maximum absolute atomic E-state index is 12.8. The van der Waals surface area contributed by atoms with E-state index < -0.39 is 23.0 Å². The van der Waals surface area contributed by atoms with Crippen LogP contribution in [-0.2, 0) is 38.7 Å². The molecule has 1 N–H and O–H groups in total. The number of hydrogen-bond acceptors (Lipinski definition) is 5. The molecule has 0 saturated heterocycles. The van der Waals surface area contributed by atoms with E-state index in [1.807, 2.05) is 0 Å². The van der Waals surface area contributed by atoms with Gasteiger partial charge in [0.05, 0.1) is 5.56 Å². The van der Waals surface area contributed by atoms with Crippen molar-refractivity contribution in [2.45, 2.75) is 24.3 Å². The quantitative estimate of drug-likeness (QED) is 0.573. The lowest BCUT2D eigenvalue weighted by Crippen LogP contribution is -2.37. The molecular formula is C19H20F3N5O3S. The molecule has 0 atom stereocenters. The summed E-state index contributed by atoms with van der Waals surface area (Å²) in [4.78, 5) is 40.7. The summed E-state index contributed by atoms with van der Waals surface area (Å²) in [5, 5.41) is 3.06. The number of amides is 1. The van der Waals surface area contributed by atoms with Crippen molar-refractivity contribution < 1.29 is 18.0 Å². The summed E-state index contributed by atoms with van der Waals surface area (Å²) in [6.45, 7) is -0.0160. The number of halogens is 3. The number of carbonyl (C=O) groups excluding carboxylic acids is 1. The van der Waals surface area contributed by atoms with Crippen LogP contribution in [0.1, 0.15) is 17.5 Å². The first-order valence-electron chi connectivity index (χ1n) is 9.18. The van der Waals surface area contributed by atoms with Gasteiger partial charge in [-0.1, -0.05) is 23.9 Å². The highest BCUT2D eigenvalue weighted by Gasteiger charge is 2.30. The second kappa shape index (κ2) is 8.61. The molecule has 1 aromatic carbocycles. The van der Waals surface area contributed by atoms with Crippen molar-refractivity contribution in [3.63, 3.8) is 0 Å². The van der Waals surface area contributed by atoms with Crippen molar-refractivity contribution in [2.24, 2.45) is 21.1 Å². The standard InChI is InChI=1S/C19H20F3N5O3S/c1-25-15-14(16(29)27(3)18(30)26(15)2)24-17(25)31-8-7-13(28)23-10-11-5-4-6-12(9-11)19(20,21)22/h4-6,9H,7-8,10H2,1-3H3,(H,23,28). The van der Waals surface area contributed by atoms with Crippen LogP contribution in [0.5, 0.6) is 0 Å². The van der Waals surface area contributed by atoms with Gasteiger partial charge in [0.1, 0.15) is 0 Å². The average molecular weight is 455 g/mol. The average Bonchev–Trinajstić information content (AvgIpc) is 3.05. The molecule has 0 aliphatic carbocycles. The van der Waals surface area contributed by atoms with Crippen LogP contribution in [0.25, 0.3) is 11.2 Å². The topological polar surface area (TPSA) is 90.9 Å². The molecule has 1 amide bonds. The maximum atomic E-state index is 12.8. The zero-order valence-corrected chi connectivity index (χ0v) is 17.8. The smallest absolute Gasteiger partial charge is 0.352 e. The van der Waals surface area contributed by atoms with Crippen LogP contribution < -0.4 is 16.6 Å². The maximum Gasteiger partial charge on any atom is 0.416 e. The Labute approximate surface area is 178 Å². The largest absolute Gasteiger partial charge is 0.416 e. The van der Waals surface area contributed by atoms with Gasteiger partial charge in [-0.2, -0.15) is 13.2 Å². The fourth-order valence-corrected chi connectivity index (χ4v) is 3.98. The highest BCUT2D eigenvalue weighted by Crippen LogP contribution is 2.29. The molecule has 31 heavy (non-hydrogen) atoms. The summed E-state index contributed by atoms with van der Waals surface area (Å²) in [6.07, 6.45) is -4.34. The third-order valence-electron chi connectivity index (χ3n) is 4.73. The number of imidazole rings is 1. The Hall–Kier alpha value is -3.02. The van der Waals surface area contributed by atoms with Crippen LogP contribution in [-0.4, -0.2) is 30.3 Å². The van der Waals surface area contributed by atoms with Crippen molar-refractivity contribution in [3.8, 4) is 0 Å². The van der Waals surface area contributed by atoms with Gasteiger partial charge >= 0.3 is 11.9 Å². The molecule has 2 aromatic heterocycles. The molecule has 0 fully saturated rings. The molecule has 0 radical (unpaired) electrons. The minimum Gasteiger partial charge on any atom is -0.352 e. The Morgan fingerprint density at radius 2 is 1.84 bits per heavy atom. The minimum atomic E-state index is -4.44. The van der Waals surface area contributed by atoms with Crippen molar-refractivity contribution >= 4 is 28.8 Å². The van der Waals surface area contributed by atoms with E-state index in [2.05, 4.69) is 10.3 Å². The first kappa shape index (κ1) is 22.7. The normalized spacial score (nSPS) is 11.8. The highest BCUT2D eigenvalue weighted by molar-refractivity contribution is 7.99. The lowest BCUT2D eigenvalue weighted by molar-refractivity contribution is -0.137. The molecule has 3 aromatic rings. The Morgan fingerprint density at radius 1 is 1.13 bits per heavy atom. The summed E-state index contributed by atoms with van der Waals surface area (Å²) in [5.41, 5.74) is -0.848. The number of rotatable bonds is 6. The van der Waals surface area contributed by atoms with E-state index in [4.69, 9.17) is 0 Å². The Balaban J connectivity index is 1.61. The Morgan fingerprint density at radius 3 is 2.52 bits per heavy atom. The van der Waals surface area contributed by atoms with Crippen LogP contribution in [0.4, 0.5) is 13.2 Å². The van der Waals surface area contributed by atoms with E-state index >= 15 is 0 Å². The lowest BCUT2D eigenvalue weighted by atomic mass is 10.1. The molecule has 0 saturated carbocycles. The van der Waals surface area contributed by atoms with Gasteiger partial charge in [-0.05, 0) is 17.7 Å². The summed E-state index contributed by atoms with van der Waals surface area (Å²) in [7, 11) is 4.59. The molecule has 8 nitrogen and oxygen atoms in total. The van der Waals surface area contributed by atoms with Gasteiger partial charge in [-0.25, -0.2) is 9.78 Å². The van der Waals surface area contributed by atoms with Gasteiger partial charge < -0.3 is 9.88 Å². The molecular weight excluding hydrogens is 435 g/mol. The number of carbonyl (C=O) groups is 1. The fraction of sp³-hybridized carbons (Fsp3) is 0.368. The minimum absolute atomic E-state index is 0.0160. The van der Waals surface area contributed by atoms with E-state index in [0.717, 1.165) is 16.7 Å². The summed E-state index contributed by atoms with van der Waals surface area (Å²) < 4.78 is 42.2. The summed E-state index contributed by atoms with van der Waals surface area (Å²) >= 11 is 1.24. The predicted octanol–water partition coefficient (Wildman–Crippen LogP) is 1.79. The van der Waals surface area contributed by atoms with Gasteiger partial charge in [0, 0.05) is 39.9 Å². The molecule has 0 unspecified atom stereocenters. The Kier molecular flexibility index (Phi) is 6.30. The van der Waals surface area contributed by atoms with Crippen molar-refractivity contribution in [1.29, 1.82) is 0 Å². The molecule has 12 heteroatoms. The van der Waals surface area contributed by atoms with E-state index in [-0.39, 0.29) is 24.4 Å². The third kappa shape index (κ3) is 4.68. The predicted molar refractivity (Wildman–Crippen MR) is 110 cm³/mol. The number of aryl methyl sites for hydroxylation is 2. The number of fused-ring (bicyclic) bond motifs is 1. The SMILES string of the molecule is Cn1c(=O)c2nc(SCCC(=O)NCc3cccc(C(F)(F)F)c3)n(C)c2n(C)c1=O. The number of thioether (sulfide) groups is 1. The second-order valence-electron chi connectivity index (χ2n) is 6.90. The van der Waals surface area contributed by atoms with E-state index in [1.165, 1.54) is 35.5 Å². The molecule has 0 aliphatic rings. The zero-order chi connectivity index (χ0) is 22.9. The summed E-state index contributed by atoms with van der Waals surface area (Å²) in [5.74, 6) is 0.00632. The first-order chi connectivity index (χ1) is 14.5. The molecule has 2 heterocycles. The monoisotopic (exact) mass is 455 g/mol. The summed E-state index contributed by atoms with van der Waals surface area (Å²) in [6, 6.07) is 4.78. The molecule has 0 aliphatic heterocycles. The number of benzene rings is 1. The fourth-order valence-electron chi connectivity index (χ4n) is 3.07. The zero-order valence-electron chi connectivity index (χ0n) is 17.0. The van der Waals surface area contributed by atoms with Crippen LogP contribution in [0.2, 0.25) is 0 Å². The first-order valence-corrected chi connectivity index (χ1v) is 10.2. The molecule has 0 spiro atoms. The van der Waals surface area contributed by atoms with Crippen molar-refractivity contribution in [1.82, 2.24) is 24.0 Å². The number of nitrogens with one attached hydrogen (secondary N) is 1. The van der Waals surface area contributed by atoms with E-state index in [9.17, 15) is 27.6 Å². The highest BCUT2D eigenvalue weighted by atomic mass is 32.2.